The molecule has 1 aromatic heterocycles. The molecule has 0 saturated carbocycles. The monoisotopic (exact) mass is 218 g/mol. The molecule has 0 aliphatic heterocycles. The molecule has 7 nitrogen and oxygen atoms in total. The Labute approximate surface area is 91.0 Å². The van der Waals surface area contributed by atoms with E-state index < -0.39 is 11.9 Å². The lowest BCUT2D eigenvalue weighted by molar-refractivity contribution is -0.119. The lowest BCUT2D eigenvalue weighted by atomic mass is 10.1. The number of aromatic nitrogens is 4. The van der Waals surface area contributed by atoms with Gasteiger partial charge < -0.3 is 11.5 Å². The summed E-state index contributed by atoms with van der Waals surface area (Å²) >= 11 is 0. The van der Waals surface area contributed by atoms with Crippen molar-refractivity contribution in [2.75, 3.05) is 0 Å². The molecule has 0 fully saturated rings. The van der Waals surface area contributed by atoms with Gasteiger partial charge in [0, 0.05) is 0 Å². The van der Waals surface area contributed by atoms with E-state index in [1.165, 1.54) is 11.0 Å². The Hall–Kier alpha value is -2.28. The molecule has 0 bridgehead atoms. The van der Waals surface area contributed by atoms with Gasteiger partial charge in [-0.15, -0.1) is 5.10 Å². The maximum Gasteiger partial charge on any atom is 0.238 e. The van der Waals surface area contributed by atoms with Crippen LogP contribution in [0.4, 0.5) is 0 Å². The first-order valence-corrected chi connectivity index (χ1v) is 4.56. The molecule has 1 unspecified atom stereocenters. The van der Waals surface area contributed by atoms with Gasteiger partial charge in [-0.3, -0.25) is 4.79 Å². The standard InChI is InChI=1S/C9H10N6O/c10-8(9(11)16)6-1-3-7(4-2-6)15-5-12-13-14-15/h1-5,8H,10H2,(H2,11,16). The zero-order chi connectivity index (χ0) is 11.5. The third kappa shape index (κ3) is 1.89. The summed E-state index contributed by atoms with van der Waals surface area (Å²) in [5.74, 6) is -0.560. The Balaban J connectivity index is 2.26. The fourth-order valence-electron chi connectivity index (χ4n) is 1.28. The molecule has 82 valence electrons. The number of hydrogen-bond acceptors (Lipinski definition) is 5. The SMILES string of the molecule is NC(=O)C(N)c1ccc(-n2cnnn2)cc1. The fraction of sp³-hybridized carbons (Fsp3) is 0.111. The maximum atomic E-state index is 10.9. The number of tetrazole rings is 1. The van der Waals surface area contributed by atoms with E-state index in [0.717, 1.165) is 5.69 Å². The van der Waals surface area contributed by atoms with E-state index in [2.05, 4.69) is 15.5 Å². The highest BCUT2D eigenvalue weighted by Crippen LogP contribution is 2.12. The van der Waals surface area contributed by atoms with Gasteiger partial charge in [-0.25, -0.2) is 4.68 Å². The van der Waals surface area contributed by atoms with Gasteiger partial charge in [0.15, 0.2) is 0 Å². The van der Waals surface area contributed by atoms with Crippen LogP contribution in [0.25, 0.3) is 5.69 Å². The van der Waals surface area contributed by atoms with Crippen LogP contribution in [0.15, 0.2) is 30.6 Å². The summed E-state index contributed by atoms with van der Waals surface area (Å²) in [7, 11) is 0. The number of carbonyl (C=O) groups excluding carboxylic acids is 1. The molecule has 0 radical (unpaired) electrons. The van der Waals surface area contributed by atoms with E-state index in [4.69, 9.17) is 11.5 Å². The number of benzene rings is 1. The molecule has 7 heteroatoms. The number of amides is 1. The quantitative estimate of drug-likeness (QED) is 0.696. The van der Waals surface area contributed by atoms with Crippen molar-refractivity contribution in [1.29, 1.82) is 0 Å². The smallest absolute Gasteiger partial charge is 0.238 e. The predicted molar refractivity (Wildman–Crippen MR) is 55.3 cm³/mol. The minimum atomic E-state index is -0.789. The summed E-state index contributed by atoms with van der Waals surface area (Å²) in [6.07, 6.45) is 1.48. The normalized spacial score (nSPS) is 12.3. The van der Waals surface area contributed by atoms with Crippen LogP contribution in [0.5, 0.6) is 0 Å². The third-order valence-electron chi connectivity index (χ3n) is 2.17. The van der Waals surface area contributed by atoms with Gasteiger partial charge in [0.1, 0.15) is 12.4 Å². The van der Waals surface area contributed by atoms with Gasteiger partial charge in [0.2, 0.25) is 5.91 Å². The first-order valence-electron chi connectivity index (χ1n) is 4.56. The number of carbonyl (C=O) groups is 1. The Morgan fingerprint density at radius 1 is 1.31 bits per heavy atom. The zero-order valence-electron chi connectivity index (χ0n) is 8.32. The van der Waals surface area contributed by atoms with E-state index in [9.17, 15) is 4.79 Å². The van der Waals surface area contributed by atoms with Gasteiger partial charge >= 0.3 is 0 Å². The molecule has 2 aromatic rings. The fourth-order valence-corrected chi connectivity index (χ4v) is 1.28. The summed E-state index contributed by atoms with van der Waals surface area (Å²) in [6, 6.07) is 6.16. The van der Waals surface area contributed by atoms with Crippen LogP contribution in [0, 0.1) is 0 Å². The molecular formula is C9H10N6O. The molecule has 0 spiro atoms. The second-order valence-corrected chi connectivity index (χ2v) is 3.23. The molecule has 2 rings (SSSR count). The second kappa shape index (κ2) is 4.07. The van der Waals surface area contributed by atoms with Crippen LogP contribution in [0.1, 0.15) is 11.6 Å². The van der Waals surface area contributed by atoms with Crippen molar-refractivity contribution in [3.05, 3.63) is 36.2 Å². The Morgan fingerprint density at radius 2 is 2.00 bits per heavy atom. The first-order chi connectivity index (χ1) is 7.68. The van der Waals surface area contributed by atoms with Crippen LogP contribution in [-0.2, 0) is 4.79 Å². The number of nitrogens with zero attached hydrogens (tertiary/aromatic N) is 4. The summed E-state index contributed by atoms with van der Waals surface area (Å²) in [5, 5.41) is 10.8. The predicted octanol–water partition coefficient (Wildman–Crippen LogP) is -0.853. The Kier molecular flexibility index (Phi) is 2.61. The average molecular weight is 218 g/mol. The Bertz CT molecular complexity index is 477. The lowest BCUT2D eigenvalue weighted by Crippen LogP contribution is -2.28. The lowest BCUT2D eigenvalue weighted by Gasteiger charge is -2.08. The van der Waals surface area contributed by atoms with Crippen molar-refractivity contribution in [3.63, 3.8) is 0 Å². The molecule has 16 heavy (non-hydrogen) atoms. The van der Waals surface area contributed by atoms with E-state index in [1.807, 2.05) is 0 Å². The number of nitrogens with two attached hydrogens (primary N) is 2. The van der Waals surface area contributed by atoms with E-state index >= 15 is 0 Å². The third-order valence-corrected chi connectivity index (χ3v) is 2.17. The van der Waals surface area contributed by atoms with E-state index in [1.54, 1.807) is 24.3 Å². The molecular weight excluding hydrogens is 208 g/mol. The molecule has 0 saturated heterocycles. The van der Waals surface area contributed by atoms with E-state index in [-0.39, 0.29) is 0 Å². The van der Waals surface area contributed by atoms with Crippen LogP contribution >= 0.6 is 0 Å². The number of primary amides is 1. The summed E-state index contributed by atoms with van der Waals surface area (Å²) in [6.45, 7) is 0. The molecule has 1 aromatic carbocycles. The second-order valence-electron chi connectivity index (χ2n) is 3.23. The first kappa shape index (κ1) is 10.2. The highest BCUT2D eigenvalue weighted by molar-refractivity contribution is 5.81. The minimum Gasteiger partial charge on any atom is -0.368 e. The number of hydrogen-bond donors (Lipinski definition) is 2. The van der Waals surface area contributed by atoms with Gasteiger partial charge in [0.05, 0.1) is 5.69 Å². The van der Waals surface area contributed by atoms with Crippen LogP contribution in [0.2, 0.25) is 0 Å². The van der Waals surface area contributed by atoms with Gasteiger partial charge in [-0.2, -0.15) is 0 Å². The summed E-state index contributed by atoms with van der Waals surface area (Å²) < 4.78 is 1.50. The topological polar surface area (TPSA) is 113 Å². The molecule has 0 aliphatic carbocycles. The van der Waals surface area contributed by atoms with Crippen molar-refractivity contribution in [3.8, 4) is 5.69 Å². The van der Waals surface area contributed by atoms with Crippen molar-refractivity contribution in [2.24, 2.45) is 11.5 Å². The molecule has 4 N–H and O–H groups in total. The van der Waals surface area contributed by atoms with Gasteiger partial charge in [-0.1, -0.05) is 12.1 Å². The molecule has 1 atom stereocenters. The molecule has 1 amide bonds. The van der Waals surface area contributed by atoms with Gasteiger partial charge in [0.25, 0.3) is 0 Å². The Morgan fingerprint density at radius 3 is 2.50 bits per heavy atom. The van der Waals surface area contributed by atoms with Crippen molar-refractivity contribution in [1.82, 2.24) is 20.2 Å². The number of rotatable bonds is 3. The zero-order valence-corrected chi connectivity index (χ0v) is 8.32. The molecule has 1 heterocycles. The maximum absolute atomic E-state index is 10.9. The summed E-state index contributed by atoms with van der Waals surface area (Å²) in [5.41, 5.74) is 12.1. The van der Waals surface area contributed by atoms with Crippen molar-refractivity contribution in [2.45, 2.75) is 6.04 Å². The van der Waals surface area contributed by atoms with E-state index in [0.29, 0.717) is 5.56 Å². The minimum absolute atomic E-state index is 0.560. The van der Waals surface area contributed by atoms with Crippen LogP contribution in [-0.4, -0.2) is 26.1 Å². The van der Waals surface area contributed by atoms with Gasteiger partial charge in [-0.05, 0) is 28.1 Å². The highest BCUT2D eigenvalue weighted by Gasteiger charge is 2.11. The van der Waals surface area contributed by atoms with Crippen molar-refractivity contribution >= 4 is 5.91 Å². The van der Waals surface area contributed by atoms with Crippen LogP contribution in [0.3, 0.4) is 0 Å². The average Bonchev–Trinajstić information content (AvgIpc) is 2.81. The summed E-state index contributed by atoms with van der Waals surface area (Å²) in [4.78, 5) is 10.9. The highest BCUT2D eigenvalue weighted by atomic mass is 16.1. The van der Waals surface area contributed by atoms with Crippen LogP contribution < -0.4 is 11.5 Å². The van der Waals surface area contributed by atoms with Crippen molar-refractivity contribution < 1.29 is 4.79 Å². The molecule has 0 aliphatic rings. The largest absolute Gasteiger partial charge is 0.368 e.